The Bertz CT molecular complexity index is 1310. The van der Waals surface area contributed by atoms with Crippen LogP contribution in [0.5, 0.6) is 11.5 Å². The summed E-state index contributed by atoms with van der Waals surface area (Å²) in [4.78, 5) is 31.9. The first-order chi connectivity index (χ1) is 15.9. The number of anilines is 1. The van der Waals surface area contributed by atoms with E-state index in [2.05, 4.69) is 15.3 Å². The summed E-state index contributed by atoms with van der Waals surface area (Å²) in [5, 5.41) is 12.1. The summed E-state index contributed by atoms with van der Waals surface area (Å²) in [6.07, 6.45) is 3.11. The maximum atomic E-state index is 13.3. The third-order valence-corrected chi connectivity index (χ3v) is 4.93. The van der Waals surface area contributed by atoms with Crippen LogP contribution in [0.15, 0.2) is 76.5 Å². The lowest BCUT2D eigenvalue weighted by molar-refractivity contribution is 0.0690. The number of carboxylic acids is 1. The fourth-order valence-electron chi connectivity index (χ4n) is 2.86. The van der Waals surface area contributed by atoms with E-state index in [-0.39, 0.29) is 17.1 Å². The molecule has 2 aromatic carbocycles. The Kier molecular flexibility index (Phi) is 6.36. The zero-order valence-corrected chi connectivity index (χ0v) is 17.9. The van der Waals surface area contributed by atoms with Crippen LogP contribution in [0.3, 0.4) is 0 Å². The minimum absolute atomic E-state index is 0.0734. The molecular weight excluding hydrogens is 449 g/mol. The number of pyridine rings is 1. The van der Waals surface area contributed by atoms with Crippen molar-refractivity contribution in [2.45, 2.75) is 5.22 Å². The van der Waals surface area contributed by atoms with Crippen molar-refractivity contribution in [2.75, 3.05) is 11.6 Å². The maximum absolute atomic E-state index is 13.3. The van der Waals surface area contributed by atoms with E-state index in [9.17, 15) is 14.0 Å². The molecule has 10 heteroatoms. The summed E-state index contributed by atoms with van der Waals surface area (Å²) in [5.41, 5.74) is 0.943. The highest BCUT2D eigenvalue weighted by molar-refractivity contribution is 7.98. The Morgan fingerprint density at radius 1 is 1.06 bits per heavy atom. The number of ether oxygens (including phenoxy) is 1. The number of halogens is 1. The molecule has 8 nitrogen and oxygen atoms in total. The molecule has 4 rings (SSSR count). The molecule has 2 N–H and O–H groups in total. The normalized spacial score (nSPS) is 10.6. The van der Waals surface area contributed by atoms with Crippen molar-refractivity contribution < 1.29 is 28.2 Å². The van der Waals surface area contributed by atoms with Gasteiger partial charge in [-0.15, -0.1) is 0 Å². The van der Waals surface area contributed by atoms with Gasteiger partial charge in [0.05, 0.1) is 0 Å². The van der Waals surface area contributed by atoms with E-state index in [1.165, 1.54) is 54.4 Å². The number of carboxylic acid groups (broad SMARTS) is 1. The van der Waals surface area contributed by atoms with Gasteiger partial charge in [0.25, 0.3) is 11.1 Å². The third kappa shape index (κ3) is 5.18. The second-order valence-electron chi connectivity index (χ2n) is 6.63. The van der Waals surface area contributed by atoms with Gasteiger partial charge in [0, 0.05) is 23.5 Å². The quantitative estimate of drug-likeness (QED) is 0.352. The molecule has 0 atom stereocenters. The van der Waals surface area contributed by atoms with Crippen molar-refractivity contribution in [3.05, 3.63) is 84.1 Å². The summed E-state index contributed by atoms with van der Waals surface area (Å²) in [7, 11) is 0. The molecule has 2 aromatic heterocycles. The van der Waals surface area contributed by atoms with E-state index < -0.39 is 17.7 Å². The van der Waals surface area contributed by atoms with Gasteiger partial charge in [-0.1, -0.05) is 11.8 Å². The first kappa shape index (κ1) is 22.0. The molecule has 0 fully saturated rings. The molecule has 33 heavy (non-hydrogen) atoms. The van der Waals surface area contributed by atoms with Crippen molar-refractivity contribution in [1.82, 2.24) is 9.97 Å². The minimum Gasteiger partial charge on any atom is -0.477 e. The van der Waals surface area contributed by atoms with E-state index >= 15 is 0 Å². The second-order valence-corrected chi connectivity index (χ2v) is 7.39. The molecule has 1 amide bonds. The number of aromatic carboxylic acids is 1. The van der Waals surface area contributed by atoms with Crippen molar-refractivity contribution >= 4 is 29.3 Å². The van der Waals surface area contributed by atoms with E-state index in [0.717, 1.165) is 0 Å². The van der Waals surface area contributed by atoms with Crippen LogP contribution in [0.2, 0.25) is 0 Å². The zero-order chi connectivity index (χ0) is 23.4. The predicted octanol–water partition coefficient (Wildman–Crippen LogP) is 5.34. The number of hydrogen-bond acceptors (Lipinski definition) is 7. The third-order valence-electron chi connectivity index (χ3n) is 4.40. The van der Waals surface area contributed by atoms with Crippen molar-refractivity contribution in [3.63, 3.8) is 0 Å². The molecule has 0 aliphatic carbocycles. The van der Waals surface area contributed by atoms with Gasteiger partial charge in [-0.05, 0) is 60.9 Å². The number of thioether (sulfide) groups is 1. The number of carbonyl (C=O) groups excluding carboxylic acids is 1. The van der Waals surface area contributed by atoms with E-state index in [4.69, 9.17) is 14.3 Å². The molecule has 0 bridgehead atoms. The Morgan fingerprint density at radius 3 is 2.45 bits per heavy atom. The summed E-state index contributed by atoms with van der Waals surface area (Å²) in [6, 6.07) is 14.9. The van der Waals surface area contributed by atoms with Gasteiger partial charge in [-0.3, -0.25) is 4.79 Å². The lowest BCUT2D eigenvalue weighted by atomic mass is 10.1. The maximum Gasteiger partial charge on any atom is 0.354 e. The zero-order valence-electron chi connectivity index (χ0n) is 17.1. The molecule has 2 heterocycles. The summed E-state index contributed by atoms with van der Waals surface area (Å²) < 4.78 is 24.6. The Labute approximate surface area is 191 Å². The lowest BCUT2D eigenvalue weighted by Crippen LogP contribution is -2.13. The number of hydrogen-bond donors (Lipinski definition) is 2. The number of nitrogens with zero attached hydrogens (tertiary/aromatic N) is 2. The lowest BCUT2D eigenvalue weighted by Gasteiger charge is -2.08. The van der Waals surface area contributed by atoms with Gasteiger partial charge < -0.3 is 19.6 Å². The summed E-state index contributed by atoms with van der Waals surface area (Å²) in [5.74, 6) is -1.06. The van der Waals surface area contributed by atoms with Gasteiger partial charge in [-0.2, -0.15) is 4.98 Å². The van der Waals surface area contributed by atoms with Crippen molar-refractivity contribution in [2.24, 2.45) is 0 Å². The smallest absolute Gasteiger partial charge is 0.354 e. The van der Waals surface area contributed by atoms with Crippen LogP contribution in [-0.4, -0.2) is 33.2 Å². The molecule has 0 saturated carbocycles. The number of amides is 1. The molecule has 0 saturated heterocycles. The van der Waals surface area contributed by atoms with Gasteiger partial charge >= 0.3 is 5.97 Å². The molecule has 166 valence electrons. The highest BCUT2D eigenvalue weighted by atomic mass is 32.2. The first-order valence-electron chi connectivity index (χ1n) is 9.52. The van der Waals surface area contributed by atoms with Crippen LogP contribution in [0.25, 0.3) is 11.3 Å². The standard InChI is InChI=1S/C23H16FN3O5S/c1-33-23-27-19(20(32-23)13-2-4-14(24)5-3-13)21(28)26-15-6-8-16(9-7-15)31-17-10-11-25-18(12-17)22(29)30/h2-12H,1H3,(H,26,28)(H,29,30). The minimum atomic E-state index is -1.16. The van der Waals surface area contributed by atoms with Gasteiger partial charge in [-0.25, -0.2) is 14.2 Å². The van der Waals surface area contributed by atoms with E-state index in [0.29, 0.717) is 28.0 Å². The van der Waals surface area contributed by atoms with Crippen LogP contribution in [0, 0.1) is 5.82 Å². The molecule has 0 aliphatic rings. The number of rotatable bonds is 7. The predicted molar refractivity (Wildman–Crippen MR) is 119 cm³/mol. The SMILES string of the molecule is CSc1nc(C(=O)Nc2ccc(Oc3ccnc(C(=O)O)c3)cc2)c(-c2ccc(F)cc2)o1. The molecule has 0 unspecified atom stereocenters. The van der Waals surface area contributed by atoms with Crippen LogP contribution in [0.1, 0.15) is 21.0 Å². The van der Waals surface area contributed by atoms with E-state index in [1.807, 2.05) is 0 Å². The van der Waals surface area contributed by atoms with Crippen molar-refractivity contribution in [3.8, 4) is 22.8 Å². The average Bonchev–Trinajstić information content (AvgIpc) is 3.26. The summed E-state index contributed by atoms with van der Waals surface area (Å²) in [6.45, 7) is 0. The first-order valence-corrected chi connectivity index (χ1v) is 10.7. The van der Waals surface area contributed by atoms with Gasteiger partial charge in [0.1, 0.15) is 17.3 Å². The molecule has 0 aliphatic heterocycles. The molecule has 0 radical (unpaired) electrons. The van der Waals surface area contributed by atoms with Crippen LogP contribution in [0.4, 0.5) is 10.1 Å². The summed E-state index contributed by atoms with van der Waals surface area (Å²) >= 11 is 1.24. The van der Waals surface area contributed by atoms with Crippen LogP contribution < -0.4 is 10.1 Å². The topological polar surface area (TPSA) is 115 Å². The largest absolute Gasteiger partial charge is 0.477 e. The highest BCUT2D eigenvalue weighted by Crippen LogP contribution is 2.30. The number of carbonyl (C=O) groups is 2. The Morgan fingerprint density at radius 2 is 1.79 bits per heavy atom. The molecule has 4 aromatic rings. The fourth-order valence-corrected chi connectivity index (χ4v) is 3.21. The van der Waals surface area contributed by atoms with Crippen LogP contribution in [-0.2, 0) is 0 Å². The number of nitrogens with one attached hydrogen (secondary N) is 1. The van der Waals surface area contributed by atoms with Crippen LogP contribution >= 0.6 is 11.8 Å². The number of benzene rings is 2. The average molecular weight is 465 g/mol. The van der Waals surface area contributed by atoms with E-state index in [1.54, 1.807) is 30.5 Å². The molecular formula is C23H16FN3O5S. The van der Waals surface area contributed by atoms with Gasteiger partial charge in [0.15, 0.2) is 17.1 Å². The van der Waals surface area contributed by atoms with Gasteiger partial charge in [0.2, 0.25) is 0 Å². The Hall–Kier alpha value is -4.18. The van der Waals surface area contributed by atoms with Crippen molar-refractivity contribution in [1.29, 1.82) is 0 Å². The Balaban J connectivity index is 1.50. The highest BCUT2D eigenvalue weighted by Gasteiger charge is 2.21. The monoisotopic (exact) mass is 465 g/mol. The molecule has 0 spiro atoms. The number of oxazole rings is 1. The fraction of sp³-hybridized carbons (Fsp3) is 0.0435. The second kappa shape index (κ2) is 9.53. The number of aromatic nitrogens is 2.